The van der Waals surface area contributed by atoms with Crippen molar-refractivity contribution < 1.29 is 19.4 Å². The van der Waals surface area contributed by atoms with Crippen LogP contribution in [0.3, 0.4) is 0 Å². The molecule has 0 aromatic heterocycles. The second-order valence-corrected chi connectivity index (χ2v) is 11.3. The third kappa shape index (κ3) is 6.91. The minimum absolute atomic E-state index is 0.0289. The lowest BCUT2D eigenvalue weighted by Gasteiger charge is -2.43. The lowest BCUT2D eigenvalue weighted by molar-refractivity contribution is -0.385. The number of aryl methyl sites for hydroxylation is 2. The van der Waals surface area contributed by atoms with Gasteiger partial charge in [-0.2, -0.15) is 0 Å². The summed E-state index contributed by atoms with van der Waals surface area (Å²) in [4.78, 5) is 52.2. The summed E-state index contributed by atoms with van der Waals surface area (Å²) < 4.78 is 0. The summed E-state index contributed by atoms with van der Waals surface area (Å²) in [5.74, 6) is -0.522. The predicted octanol–water partition coefficient (Wildman–Crippen LogP) is 7.75. The number of carbonyl (C=O) groups excluding carboxylic acids is 2. The zero-order chi connectivity index (χ0) is 33.0. The average Bonchev–Trinajstić information content (AvgIpc) is 3.04. The van der Waals surface area contributed by atoms with E-state index in [1.54, 1.807) is 46.2 Å². The van der Waals surface area contributed by atoms with Gasteiger partial charge in [0.15, 0.2) is 0 Å². The van der Waals surface area contributed by atoms with Gasteiger partial charge in [0.05, 0.1) is 15.9 Å². The monoisotopic (exact) mass is 616 g/mol. The van der Waals surface area contributed by atoms with Crippen molar-refractivity contribution in [3.05, 3.63) is 151 Å². The smallest absolute Gasteiger partial charge is 0.269 e. The topological polar surface area (TPSA) is 127 Å². The highest BCUT2D eigenvalue weighted by Crippen LogP contribution is 2.43. The zero-order valence-corrected chi connectivity index (χ0v) is 25.6. The molecule has 0 saturated carbocycles. The number of hydrogen-bond acceptors (Lipinski definition) is 6. The number of nitro groups is 2. The summed E-state index contributed by atoms with van der Waals surface area (Å²) in [6.07, 6.45) is 6.64. The van der Waals surface area contributed by atoms with Crippen LogP contribution in [0.15, 0.2) is 103 Å². The number of carbonyl (C=O) groups is 2. The summed E-state index contributed by atoms with van der Waals surface area (Å²) in [5, 5.41) is 22.0. The molecular weight excluding hydrogens is 584 g/mol. The van der Waals surface area contributed by atoms with Crippen LogP contribution in [-0.4, -0.2) is 27.7 Å². The maximum atomic E-state index is 14.0. The standard InChI is InChI=1S/C36H32N4O6/c1-24-4-13-29(14-5-24)38(36(42)21-12-28-9-17-31(18-10-28)40(45)46)34-23-26(3)37(33-22-25(2)6-19-32(33)34)35(41)20-11-27-7-15-30(16-8-27)39(43)44/h4-22,26,34H,23H2,1-3H3. The van der Waals surface area contributed by atoms with Crippen LogP contribution in [0.4, 0.5) is 22.7 Å². The highest BCUT2D eigenvalue weighted by molar-refractivity contribution is 6.07. The highest BCUT2D eigenvalue weighted by Gasteiger charge is 2.38. The van der Waals surface area contributed by atoms with Gasteiger partial charge >= 0.3 is 0 Å². The number of amides is 2. The van der Waals surface area contributed by atoms with E-state index in [-0.39, 0.29) is 29.2 Å². The molecule has 1 aliphatic rings. The first kappa shape index (κ1) is 31.5. The van der Waals surface area contributed by atoms with E-state index in [0.717, 1.165) is 16.7 Å². The van der Waals surface area contributed by atoms with Gasteiger partial charge in [-0.05, 0) is 104 Å². The van der Waals surface area contributed by atoms with Crippen LogP contribution in [-0.2, 0) is 9.59 Å². The molecule has 0 aliphatic carbocycles. The molecule has 2 amide bonds. The number of anilines is 2. The second-order valence-electron chi connectivity index (χ2n) is 11.3. The number of non-ortho nitro benzene ring substituents is 2. The average molecular weight is 617 g/mol. The van der Waals surface area contributed by atoms with Gasteiger partial charge in [0.2, 0.25) is 0 Å². The summed E-state index contributed by atoms with van der Waals surface area (Å²) >= 11 is 0. The lowest BCUT2D eigenvalue weighted by Crippen LogP contribution is -2.47. The number of hydrogen-bond donors (Lipinski definition) is 0. The Labute approximate surface area is 266 Å². The van der Waals surface area contributed by atoms with Crippen molar-refractivity contribution in [1.82, 2.24) is 0 Å². The van der Waals surface area contributed by atoms with Crippen molar-refractivity contribution in [3.63, 3.8) is 0 Å². The fourth-order valence-corrected chi connectivity index (χ4v) is 5.59. The van der Waals surface area contributed by atoms with Crippen molar-refractivity contribution in [2.45, 2.75) is 39.3 Å². The first-order valence-corrected chi connectivity index (χ1v) is 14.7. The van der Waals surface area contributed by atoms with Crippen LogP contribution in [0.25, 0.3) is 12.2 Å². The molecule has 1 aliphatic heterocycles. The SMILES string of the molecule is Cc1ccc(N(C(=O)C=Cc2ccc([N+](=O)[O-])cc2)C2CC(C)N(C(=O)C=Cc3ccc([N+](=O)[O-])cc3)c3cc(C)ccc32)cc1. The van der Waals surface area contributed by atoms with Gasteiger partial charge in [-0.1, -0.05) is 29.8 Å². The quantitative estimate of drug-likeness (QED) is 0.113. The Morgan fingerprint density at radius 2 is 1.28 bits per heavy atom. The van der Waals surface area contributed by atoms with Gasteiger partial charge in [-0.3, -0.25) is 29.8 Å². The molecule has 2 unspecified atom stereocenters. The third-order valence-corrected chi connectivity index (χ3v) is 7.95. The molecule has 46 heavy (non-hydrogen) atoms. The molecule has 0 saturated heterocycles. The van der Waals surface area contributed by atoms with Gasteiger partial charge < -0.3 is 9.80 Å². The Kier molecular flexibility index (Phi) is 9.18. The maximum Gasteiger partial charge on any atom is 0.269 e. The molecule has 4 aromatic rings. The van der Waals surface area contributed by atoms with E-state index >= 15 is 0 Å². The second kappa shape index (κ2) is 13.4. The fraction of sp³-hybridized carbons (Fsp3) is 0.167. The van der Waals surface area contributed by atoms with E-state index in [0.29, 0.717) is 28.9 Å². The largest absolute Gasteiger partial charge is 0.306 e. The Hall–Kier alpha value is -5.90. The number of benzene rings is 4. The Balaban J connectivity index is 1.49. The van der Waals surface area contributed by atoms with Gasteiger partial charge in [0.25, 0.3) is 23.2 Å². The van der Waals surface area contributed by atoms with Crippen LogP contribution < -0.4 is 9.80 Å². The first-order chi connectivity index (χ1) is 22.0. The number of fused-ring (bicyclic) bond motifs is 1. The van der Waals surface area contributed by atoms with Gasteiger partial charge in [0.1, 0.15) is 0 Å². The third-order valence-electron chi connectivity index (χ3n) is 7.95. The number of nitro benzene ring substituents is 2. The number of rotatable bonds is 8. The maximum absolute atomic E-state index is 14.0. The van der Waals surface area contributed by atoms with Crippen molar-refractivity contribution in [2.75, 3.05) is 9.80 Å². The minimum Gasteiger partial charge on any atom is -0.306 e. The molecular formula is C36H32N4O6. The Morgan fingerprint density at radius 1 is 0.761 bits per heavy atom. The van der Waals surface area contributed by atoms with Gasteiger partial charge in [-0.25, -0.2) is 0 Å². The van der Waals surface area contributed by atoms with E-state index in [1.165, 1.54) is 36.4 Å². The van der Waals surface area contributed by atoms with Gasteiger partial charge in [0, 0.05) is 53.8 Å². The van der Waals surface area contributed by atoms with Crippen LogP contribution >= 0.6 is 0 Å². The van der Waals surface area contributed by atoms with Crippen LogP contribution in [0.1, 0.15) is 47.2 Å². The molecule has 1 heterocycles. The molecule has 0 bridgehead atoms. The molecule has 0 radical (unpaired) electrons. The van der Waals surface area contributed by atoms with E-state index in [4.69, 9.17) is 0 Å². The number of nitrogens with zero attached hydrogens (tertiary/aromatic N) is 4. The van der Waals surface area contributed by atoms with Crippen molar-refractivity contribution in [3.8, 4) is 0 Å². The van der Waals surface area contributed by atoms with E-state index in [1.807, 2.05) is 63.2 Å². The van der Waals surface area contributed by atoms with E-state index in [9.17, 15) is 29.8 Å². The zero-order valence-electron chi connectivity index (χ0n) is 25.6. The van der Waals surface area contributed by atoms with Crippen LogP contribution in [0.2, 0.25) is 0 Å². The molecule has 2 atom stereocenters. The molecule has 10 nitrogen and oxygen atoms in total. The first-order valence-electron chi connectivity index (χ1n) is 14.7. The van der Waals surface area contributed by atoms with Crippen molar-refractivity contribution in [2.24, 2.45) is 0 Å². The Bertz CT molecular complexity index is 1850. The molecule has 0 fully saturated rings. The van der Waals surface area contributed by atoms with Crippen LogP contribution in [0.5, 0.6) is 0 Å². The summed E-state index contributed by atoms with van der Waals surface area (Å²) in [7, 11) is 0. The lowest BCUT2D eigenvalue weighted by atomic mass is 9.88. The summed E-state index contributed by atoms with van der Waals surface area (Å²) in [6, 6.07) is 24.8. The van der Waals surface area contributed by atoms with Crippen molar-refractivity contribution >= 4 is 46.7 Å². The molecule has 0 spiro atoms. The predicted molar refractivity (Wildman–Crippen MR) is 178 cm³/mol. The Morgan fingerprint density at radius 3 is 1.83 bits per heavy atom. The summed E-state index contributed by atoms with van der Waals surface area (Å²) in [6.45, 7) is 5.86. The fourth-order valence-electron chi connectivity index (χ4n) is 5.59. The van der Waals surface area contributed by atoms with Gasteiger partial charge in [-0.15, -0.1) is 0 Å². The molecule has 232 valence electrons. The molecule has 0 N–H and O–H groups in total. The van der Waals surface area contributed by atoms with E-state index < -0.39 is 15.9 Å². The minimum atomic E-state index is -0.472. The molecule has 5 rings (SSSR count). The van der Waals surface area contributed by atoms with E-state index in [2.05, 4.69) is 0 Å². The van der Waals surface area contributed by atoms with Crippen LogP contribution in [0, 0.1) is 34.1 Å². The summed E-state index contributed by atoms with van der Waals surface area (Å²) in [5.41, 5.74) is 5.45. The highest BCUT2D eigenvalue weighted by atomic mass is 16.6. The molecule has 10 heteroatoms. The van der Waals surface area contributed by atoms with Crippen molar-refractivity contribution in [1.29, 1.82) is 0 Å². The normalized spacial score (nSPS) is 15.9. The molecule has 4 aromatic carbocycles.